The maximum Gasteiger partial charge on any atom is 0.157 e. The van der Waals surface area contributed by atoms with Crippen molar-refractivity contribution in [3.8, 4) is 5.75 Å². The average Bonchev–Trinajstić information content (AvgIpc) is 2.55. The summed E-state index contributed by atoms with van der Waals surface area (Å²) in [5.74, 6) is 0.711. The van der Waals surface area contributed by atoms with E-state index in [1.54, 1.807) is 6.08 Å². The van der Waals surface area contributed by atoms with E-state index in [1.165, 1.54) is 0 Å². The molecule has 1 aromatic rings. The zero-order valence-corrected chi connectivity index (χ0v) is 12.4. The number of hydrogen-bond donors (Lipinski definition) is 1. The van der Waals surface area contributed by atoms with E-state index in [4.69, 9.17) is 14.2 Å². The van der Waals surface area contributed by atoms with Gasteiger partial charge in [0.05, 0.1) is 13.2 Å². The summed E-state index contributed by atoms with van der Waals surface area (Å²) in [4.78, 5) is 0. The molecule has 116 valence electrons. The molecule has 1 aliphatic rings. The summed E-state index contributed by atoms with van der Waals surface area (Å²) in [6.45, 7) is 5.36. The van der Waals surface area contributed by atoms with Gasteiger partial charge in [-0.25, -0.2) is 0 Å². The number of ether oxygens (including phenoxy) is 3. The van der Waals surface area contributed by atoms with E-state index in [0.717, 1.165) is 37.2 Å². The highest BCUT2D eigenvalue weighted by Crippen LogP contribution is 2.23. The molecule has 0 aliphatic carbocycles. The molecule has 0 aromatic heterocycles. The largest absolute Gasteiger partial charge is 0.490 e. The van der Waals surface area contributed by atoms with Crippen molar-refractivity contribution in [2.75, 3.05) is 26.4 Å². The van der Waals surface area contributed by atoms with Crippen LogP contribution in [0.25, 0.3) is 0 Å². The monoisotopic (exact) mass is 292 g/mol. The van der Waals surface area contributed by atoms with Crippen LogP contribution in [0.15, 0.2) is 36.9 Å². The second-order valence-corrected chi connectivity index (χ2v) is 5.18. The molecule has 0 bridgehead atoms. The number of benzene rings is 1. The van der Waals surface area contributed by atoms with Crippen LogP contribution in [0, 0.1) is 0 Å². The van der Waals surface area contributed by atoms with Crippen molar-refractivity contribution in [3.63, 3.8) is 0 Å². The van der Waals surface area contributed by atoms with E-state index in [1.807, 2.05) is 24.3 Å². The van der Waals surface area contributed by atoms with Crippen molar-refractivity contribution < 1.29 is 19.3 Å². The summed E-state index contributed by atoms with van der Waals surface area (Å²) >= 11 is 0. The Hall–Kier alpha value is -1.36. The summed E-state index contributed by atoms with van der Waals surface area (Å²) < 4.78 is 16.8. The van der Waals surface area contributed by atoms with Crippen molar-refractivity contribution in [3.05, 3.63) is 42.5 Å². The van der Waals surface area contributed by atoms with Crippen LogP contribution in [0.1, 0.15) is 30.7 Å². The number of hydrogen-bond acceptors (Lipinski definition) is 4. The highest BCUT2D eigenvalue weighted by molar-refractivity contribution is 5.31. The van der Waals surface area contributed by atoms with Crippen LogP contribution in [0.2, 0.25) is 0 Å². The minimum atomic E-state index is -0.131. The van der Waals surface area contributed by atoms with Crippen LogP contribution in [-0.4, -0.2) is 37.8 Å². The first kappa shape index (κ1) is 16.0. The first-order chi connectivity index (χ1) is 10.3. The molecule has 1 heterocycles. The molecule has 1 aromatic carbocycles. The minimum Gasteiger partial charge on any atom is -0.490 e. The summed E-state index contributed by atoms with van der Waals surface area (Å²) in [6.07, 6.45) is 4.75. The standard InChI is InChI=1S/C17H24O4/c1-2-9-19-16-7-5-6-14(11-16)15(12-18)13-21-17-8-3-4-10-20-17/h2,5-7,11,15,17-18H,1,3-4,8-10,12-13H2/t15-,17?/m0/s1. The summed E-state index contributed by atoms with van der Waals surface area (Å²) in [7, 11) is 0. The second kappa shape index (κ2) is 8.82. The third kappa shape index (κ3) is 5.16. The lowest BCUT2D eigenvalue weighted by atomic mass is 10.0. The van der Waals surface area contributed by atoms with Gasteiger partial charge in [-0.1, -0.05) is 24.8 Å². The number of aliphatic hydroxyl groups is 1. The molecule has 1 N–H and O–H groups in total. The topological polar surface area (TPSA) is 47.9 Å². The fourth-order valence-corrected chi connectivity index (χ4v) is 2.33. The van der Waals surface area contributed by atoms with E-state index < -0.39 is 0 Å². The predicted molar refractivity (Wildman–Crippen MR) is 81.5 cm³/mol. The number of aliphatic hydroxyl groups excluding tert-OH is 1. The van der Waals surface area contributed by atoms with E-state index in [2.05, 4.69) is 6.58 Å². The maximum atomic E-state index is 9.60. The Kier molecular flexibility index (Phi) is 6.73. The lowest BCUT2D eigenvalue weighted by Gasteiger charge is -2.25. The fourth-order valence-electron chi connectivity index (χ4n) is 2.33. The Labute approximate surface area is 126 Å². The van der Waals surface area contributed by atoms with E-state index >= 15 is 0 Å². The van der Waals surface area contributed by atoms with Crippen LogP contribution < -0.4 is 4.74 Å². The van der Waals surface area contributed by atoms with Gasteiger partial charge in [0.15, 0.2) is 6.29 Å². The van der Waals surface area contributed by atoms with Gasteiger partial charge in [-0.05, 0) is 37.0 Å². The predicted octanol–water partition coefficient (Wildman–Crippen LogP) is 2.87. The highest BCUT2D eigenvalue weighted by Gasteiger charge is 2.18. The lowest BCUT2D eigenvalue weighted by molar-refractivity contribution is -0.166. The van der Waals surface area contributed by atoms with Crippen molar-refractivity contribution >= 4 is 0 Å². The van der Waals surface area contributed by atoms with E-state index in [0.29, 0.717) is 13.2 Å². The molecule has 1 fully saturated rings. The van der Waals surface area contributed by atoms with Gasteiger partial charge in [0.2, 0.25) is 0 Å². The van der Waals surface area contributed by atoms with Crippen LogP contribution in [0.3, 0.4) is 0 Å². The van der Waals surface area contributed by atoms with Gasteiger partial charge >= 0.3 is 0 Å². The quantitative estimate of drug-likeness (QED) is 0.748. The third-order valence-electron chi connectivity index (χ3n) is 3.54. The van der Waals surface area contributed by atoms with Gasteiger partial charge in [-0.15, -0.1) is 0 Å². The molecule has 2 rings (SSSR count). The number of rotatable bonds is 8. The molecular weight excluding hydrogens is 268 g/mol. The highest BCUT2D eigenvalue weighted by atomic mass is 16.7. The van der Waals surface area contributed by atoms with Gasteiger partial charge in [0.1, 0.15) is 12.4 Å². The molecule has 1 aliphatic heterocycles. The van der Waals surface area contributed by atoms with E-state index in [-0.39, 0.29) is 18.8 Å². The minimum absolute atomic E-state index is 0.0393. The normalized spacial score (nSPS) is 20.0. The Balaban J connectivity index is 1.91. The summed E-state index contributed by atoms with van der Waals surface area (Å²) in [5.41, 5.74) is 1.01. The SMILES string of the molecule is C=CCOc1cccc([C@@H](CO)COC2CCCCO2)c1. The van der Waals surface area contributed by atoms with Crippen LogP contribution in [-0.2, 0) is 9.47 Å². The smallest absolute Gasteiger partial charge is 0.157 e. The van der Waals surface area contributed by atoms with Gasteiger partial charge < -0.3 is 19.3 Å². The Bertz CT molecular complexity index is 427. The second-order valence-electron chi connectivity index (χ2n) is 5.18. The summed E-state index contributed by atoms with van der Waals surface area (Å²) in [6, 6.07) is 7.74. The third-order valence-corrected chi connectivity index (χ3v) is 3.54. The molecule has 0 saturated carbocycles. The Morgan fingerprint density at radius 1 is 1.43 bits per heavy atom. The van der Waals surface area contributed by atoms with Crippen molar-refractivity contribution in [2.45, 2.75) is 31.5 Å². The van der Waals surface area contributed by atoms with Crippen LogP contribution in [0.5, 0.6) is 5.75 Å². The molecule has 0 spiro atoms. The zero-order chi connectivity index (χ0) is 14.9. The summed E-state index contributed by atoms with van der Waals surface area (Å²) in [5, 5.41) is 9.60. The van der Waals surface area contributed by atoms with Crippen molar-refractivity contribution in [1.82, 2.24) is 0 Å². The molecule has 21 heavy (non-hydrogen) atoms. The maximum absolute atomic E-state index is 9.60. The lowest BCUT2D eigenvalue weighted by Crippen LogP contribution is -2.25. The van der Waals surface area contributed by atoms with Crippen LogP contribution in [0.4, 0.5) is 0 Å². The van der Waals surface area contributed by atoms with Gasteiger partial charge in [0, 0.05) is 12.5 Å². The molecular formula is C17H24O4. The Morgan fingerprint density at radius 2 is 2.33 bits per heavy atom. The van der Waals surface area contributed by atoms with Gasteiger partial charge in [0.25, 0.3) is 0 Å². The molecule has 2 atom stereocenters. The van der Waals surface area contributed by atoms with E-state index in [9.17, 15) is 5.11 Å². The molecule has 0 radical (unpaired) electrons. The molecule has 0 amide bonds. The molecule has 1 unspecified atom stereocenters. The van der Waals surface area contributed by atoms with Crippen LogP contribution >= 0.6 is 0 Å². The Morgan fingerprint density at radius 3 is 3.05 bits per heavy atom. The molecule has 1 saturated heterocycles. The molecule has 4 heteroatoms. The first-order valence-electron chi connectivity index (χ1n) is 7.51. The molecule has 4 nitrogen and oxygen atoms in total. The average molecular weight is 292 g/mol. The first-order valence-corrected chi connectivity index (χ1v) is 7.51. The van der Waals surface area contributed by atoms with Crippen molar-refractivity contribution in [1.29, 1.82) is 0 Å². The fraction of sp³-hybridized carbons (Fsp3) is 0.529. The zero-order valence-electron chi connectivity index (χ0n) is 12.4. The van der Waals surface area contributed by atoms with Gasteiger partial charge in [-0.3, -0.25) is 0 Å². The van der Waals surface area contributed by atoms with Crippen molar-refractivity contribution in [2.24, 2.45) is 0 Å². The van der Waals surface area contributed by atoms with Gasteiger partial charge in [-0.2, -0.15) is 0 Å².